The summed E-state index contributed by atoms with van der Waals surface area (Å²) in [6.07, 6.45) is 3.28. The van der Waals surface area contributed by atoms with Gasteiger partial charge in [-0.3, -0.25) is 9.59 Å². The third-order valence-electron chi connectivity index (χ3n) is 4.88. The van der Waals surface area contributed by atoms with Gasteiger partial charge in [0.1, 0.15) is 5.75 Å². The van der Waals surface area contributed by atoms with Gasteiger partial charge in [0.2, 0.25) is 5.91 Å². The van der Waals surface area contributed by atoms with E-state index in [4.69, 9.17) is 16.3 Å². The van der Waals surface area contributed by atoms with Crippen LogP contribution in [0.15, 0.2) is 18.2 Å². The van der Waals surface area contributed by atoms with Gasteiger partial charge in [0.25, 0.3) is 5.91 Å². The molecule has 1 aromatic rings. The molecule has 25 heavy (non-hydrogen) atoms. The minimum Gasteiger partial charge on any atom is -0.496 e. The van der Waals surface area contributed by atoms with Crippen molar-refractivity contribution >= 4 is 23.4 Å². The molecule has 1 heterocycles. The van der Waals surface area contributed by atoms with Gasteiger partial charge in [-0.1, -0.05) is 25.4 Å². The van der Waals surface area contributed by atoms with Crippen LogP contribution in [0, 0.1) is 5.92 Å². The first kappa shape index (κ1) is 19.6. The second kappa shape index (κ2) is 9.09. The van der Waals surface area contributed by atoms with Gasteiger partial charge in [-0.25, -0.2) is 0 Å². The van der Waals surface area contributed by atoms with Gasteiger partial charge in [-0.15, -0.1) is 0 Å². The fourth-order valence-electron chi connectivity index (χ4n) is 3.26. The summed E-state index contributed by atoms with van der Waals surface area (Å²) in [7, 11) is 1.53. The second-order valence-electron chi connectivity index (χ2n) is 6.43. The monoisotopic (exact) mass is 366 g/mol. The second-order valence-corrected chi connectivity index (χ2v) is 6.87. The van der Waals surface area contributed by atoms with Crippen molar-refractivity contribution in [1.82, 2.24) is 10.2 Å². The number of piperidine rings is 1. The van der Waals surface area contributed by atoms with Crippen LogP contribution in [0.2, 0.25) is 5.02 Å². The first-order valence-electron chi connectivity index (χ1n) is 8.93. The molecule has 0 aliphatic carbocycles. The summed E-state index contributed by atoms with van der Waals surface area (Å²) >= 11 is 5.99. The van der Waals surface area contributed by atoms with Gasteiger partial charge < -0.3 is 15.0 Å². The fraction of sp³-hybridized carbons (Fsp3) is 0.579. The molecule has 0 radical (unpaired) electrons. The number of likely N-dealkylation sites (tertiary alicyclic amines) is 1. The largest absolute Gasteiger partial charge is 0.496 e. The summed E-state index contributed by atoms with van der Waals surface area (Å²) < 4.78 is 5.24. The number of methoxy groups -OCH3 is 1. The number of ether oxygens (including phenoxy) is 1. The quantitative estimate of drug-likeness (QED) is 0.838. The molecule has 2 rings (SSSR count). The summed E-state index contributed by atoms with van der Waals surface area (Å²) in [5.74, 6) is 0.667. The third-order valence-corrected chi connectivity index (χ3v) is 5.12. The number of halogens is 1. The summed E-state index contributed by atoms with van der Waals surface area (Å²) in [6.45, 7) is 5.48. The van der Waals surface area contributed by atoms with Crippen molar-refractivity contribution in [2.24, 2.45) is 5.92 Å². The minimum atomic E-state index is -0.191. The molecule has 5 nitrogen and oxygen atoms in total. The van der Waals surface area contributed by atoms with Gasteiger partial charge in [-0.05, 0) is 43.9 Å². The molecule has 6 heteroatoms. The van der Waals surface area contributed by atoms with Crippen LogP contribution in [-0.2, 0) is 4.79 Å². The van der Waals surface area contributed by atoms with Crippen LogP contribution in [0.25, 0.3) is 0 Å². The minimum absolute atomic E-state index is 0.0574. The predicted molar refractivity (Wildman–Crippen MR) is 99.1 cm³/mol. The summed E-state index contributed by atoms with van der Waals surface area (Å²) in [4.78, 5) is 26.9. The first-order chi connectivity index (χ1) is 12.0. The Morgan fingerprint density at radius 2 is 1.92 bits per heavy atom. The standard InChI is InChI=1S/C19H27ClN2O3/c1-4-13(5-2)19(24)22-10-8-15(9-11-22)21-18(23)16-12-14(20)6-7-17(16)25-3/h6-7,12-13,15H,4-5,8-11H2,1-3H3,(H,21,23). The smallest absolute Gasteiger partial charge is 0.255 e. The zero-order chi connectivity index (χ0) is 18.4. The van der Waals surface area contributed by atoms with E-state index in [0.717, 1.165) is 25.7 Å². The highest BCUT2D eigenvalue weighted by Crippen LogP contribution is 2.23. The van der Waals surface area contributed by atoms with Crippen LogP contribution in [0.4, 0.5) is 0 Å². The lowest BCUT2D eigenvalue weighted by atomic mass is 9.98. The number of hydrogen-bond donors (Lipinski definition) is 1. The van der Waals surface area contributed by atoms with Gasteiger partial charge in [0.15, 0.2) is 0 Å². The van der Waals surface area contributed by atoms with E-state index in [1.807, 2.05) is 4.90 Å². The van der Waals surface area contributed by atoms with Gasteiger partial charge in [-0.2, -0.15) is 0 Å². The molecule has 1 N–H and O–H groups in total. The maximum Gasteiger partial charge on any atom is 0.255 e. The molecule has 1 aliphatic heterocycles. The number of hydrogen-bond acceptors (Lipinski definition) is 3. The molecule has 1 aliphatic rings. The molecule has 0 saturated carbocycles. The molecule has 0 atom stereocenters. The molecule has 1 aromatic carbocycles. The summed E-state index contributed by atoms with van der Waals surface area (Å²) in [6, 6.07) is 5.05. The van der Waals surface area contributed by atoms with Gasteiger partial charge in [0, 0.05) is 30.1 Å². The maximum absolute atomic E-state index is 12.5. The Balaban J connectivity index is 1.93. The molecular formula is C19H27ClN2O3. The van der Waals surface area contributed by atoms with Crippen molar-refractivity contribution in [2.45, 2.75) is 45.6 Å². The number of nitrogens with zero attached hydrogens (tertiary/aromatic N) is 1. The lowest BCUT2D eigenvalue weighted by molar-refractivity contribution is -0.136. The Bertz CT molecular complexity index is 609. The van der Waals surface area contributed by atoms with Crippen LogP contribution in [0.5, 0.6) is 5.75 Å². The Morgan fingerprint density at radius 3 is 2.48 bits per heavy atom. The molecule has 0 spiro atoms. The lowest BCUT2D eigenvalue weighted by Gasteiger charge is -2.34. The Morgan fingerprint density at radius 1 is 1.28 bits per heavy atom. The van der Waals surface area contributed by atoms with E-state index in [0.29, 0.717) is 29.4 Å². The Kier molecular flexibility index (Phi) is 7.12. The molecule has 2 amide bonds. The van der Waals surface area contributed by atoms with E-state index < -0.39 is 0 Å². The van der Waals surface area contributed by atoms with Crippen LogP contribution in [-0.4, -0.2) is 43.0 Å². The SMILES string of the molecule is CCC(CC)C(=O)N1CCC(NC(=O)c2cc(Cl)ccc2OC)CC1. The normalized spacial score (nSPS) is 15.3. The maximum atomic E-state index is 12.5. The van der Waals surface area contributed by atoms with E-state index in [2.05, 4.69) is 19.2 Å². The van der Waals surface area contributed by atoms with Gasteiger partial charge in [0.05, 0.1) is 12.7 Å². The van der Waals surface area contributed by atoms with Crippen LogP contribution >= 0.6 is 11.6 Å². The molecule has 0 bridgehead atoms. The average molecular weight is 367 g/mol. The van der Waals surface area contributed by atoms with Crippen LogP contribution in [0.3, 0.4) is 0 Å². The van der Waals surface area contributed by atoms with Crippen LogP contribution < -0.4 is 10.1 Å². The molecule has 0 unspecified atom stereocenters. The molecule has 138 valence electrons. The number of carbonyl (C=O) groups is 2. The average Bonchev–Trinajstić information content (AvgIpc) is 2.63. The topological polar surface area (TPSA) is 58.6 Å². The number of benzene rings is 1. The van der Waals surface area contributed by atoms with Gasteiger partial charge >= 0.3 is 0 Å². The number of rotatable bonds is 6. The Hall–Kier alpha value is -1.75. The van der Waals surface area contributed by atoms with Crippen molar-refractivity contribution in [2.75, 3.05) is 20.2 Å². The van der Waals surface area contributed by atoms with E-state index >= 15 is 0 Å². The Labute approximate surface area is 154 Å². The fourth-order valence-corrected chi connectivity index (χ4v) is 3.43. The highest BCUT2D eigenvalue weighted by atomic mass is 35.5. The lowest BCUT2D eigenvalue weighted by Crippen LogP contribution is -2.48. The molecule has 0 aromatic heterocycles. The number of amides is 2. The van der Waals surface area contributed by atoms with Crippen molar-refractivity contribution in [1.29, 1.82) is 0 Å². The zero-order valence-electron chi connectivity index (χ0n) is 15.2. The third kappa shape index (κ3) is 4.88. The highest BCUT2D eigenvalue weighted by molar-refractivity contribution is 6.31. The summed E-state index contributed by atoms with van der Waals surface area (Å²) in [5.41, 5.74) is 0.436. The van der Waals surface area contributed by atoms with Crippen LogP contribution in [0.1, 0.15) is 49.9 Å². The number of nitrogens with one attached hydrogen (secondary N) is 1. The van der Waals surface area contributed by atoms with Crippen molar-refractivity contribution in [3.63, 3.8) is 0 Å². The molecule has 1 fully saturated rings. The predicted octanol–water partition coefficient (Wildman–Crippen LogP) is 3.51. The van der Waals surface area contributed by atoms with Crippen molar-refractivity contribution in [3.8, 4) is 5.75 Å². The van der Waals surface area contributed by atoms with E-state index in [-0.39, 0.29) is 23.8 Å². The molecule has 1 saturated heterocycles. The number of carbonyl (C=O) groups excluding carboxylic acids is 2. The zero-order valence-corrected chi connectivity index (χ0v) is 15.9. The molecular weight excluding hydrogens is 340 g/mol. The first-order valence-corrected chi connectivity index (χ1v) is 9.31. The highest BCUT2D eigenvalue weighted by Gasteiger charge is 2.27. The van der Waals surface area contributed by atoms with E-state index in [1.165, 1.54) is 7.11 Å². The van der Waals surface area contributed by atoms with Crippen molar-refractivity contribution in [3.05, 3.63) is 28.8 Å². The van der Waals surface area contributed by atoms with E-state index in [9.17, 15) is 9.59 Å². The summed E-state index contributed by atoms with van der Waals surface area (Å²) in [5, 5.41) is 3.54. The van der Waals surface area contributed by atoms with Crippen molar-refractivity contribution < 1.29 is 14.3 Å². The van der Waals surface area contributed by atoms with E-state index in [1.54, 1.807) is 18.2 Å².